The van der Waals surface area contributed by atoms with Gasteiger partial charge in [-0.2, -0.15) is 4.98 Å². The van der Waals surface area contributed by atoms with Gasteiger partial charge in [-0.3, -0.25) is 0 Å². The molecule has 27 heavy (non-hydrogen) atoms. The molecule has 2 aliphatic rings. The number of nitrogens with two attached hydrogens (primary N) is 1. The summed E-state index contributed by atoms with van der Waals surface area (Å²) in [6.45, 7) is 4.68. The maximum atomic E-state index is 6.28. The number of rotatable bonds is 2. The van der Waals surface area contributed by atoms with Crippen molar-refractivity contribution in [1.82, 2.24) is 19.5 Å². The second kappa shape index (κ2) is 8.50. The zero-order valence-electron chi connectivity index (χ0n) is 16.0. The molecule has 0 radical (unpaired) electrons. The second-order valence-corrected chi connectivity index (χ2v) is 7.32. The first-order valence-corrected chi connectivity index (χ1v) is 10.1. The summed E-state index contributed by atoms with van der Waals surface area (Å²) in [5, 5.41) is 0. The lowest BCUT2D eigenvalue weighted by Gasteiger charge is -2.25. The molecule has 8 heteroatoms. The molecule has 0 saturated carbocycles. The van der Waals surface area contributed by atoms with E-state index in [0.717, 1.165) is 49.3 Å². The number of aromatic nitrogens is 4. The number of anilines is 1. The van der Waals surface area contributed by atoms with Crippen LogP contribution in [0.5, 0.6) is 0 Å². The predicted octanol–water partition coefficient (Wildman–Crippen LogP) is 2.28. The smallest absolute Gasteiger partial charge is 0.222 e. The second-order valence-electron chi connectivity index (χ2n) is 7.32. The fourth-order valence-corrected chi connectivity index (χ4v) is 4.00. The van der Waals surface area contributed by atoms with E-state index in [9.17, 15) is 0 Å². The van der Waals surface area contributed by atoms with E-state index in [1.807, 2.05) is 17.8 Å². The molecule has 0 bridgehead atoms. The van der Waals surface area contributed by atoms with Gasteiger partial charge in [0.05, 0.1) is 31.3 Å². The molecule has 0 amide bonds. The van der Waals surface area contributed by atoms with Crippen LogP contribution in [0.25, 0.3) is 11.2 Å². The molecular weight excluding hydrogens is 346 g/mol. The standard InChI is InChI=1S/C19H29N5O3/c1-2-13-16-18(23-19(20)22-13)24(12-21-16)14-10-27-15-11-25-8-6-4-3-5-7-9-26-17(14)15/h12,14-15,17H,2-11H2,1H3,(H2,20,22,23)/t14-,15+,17-/m0/s1. The summed E-state index contributed by atoms with van der Waals surface area (Å²) < 4.78 is 20.2. The third-order valence-corrected chi connectivity index (χ3v) is 5.46. The molecule has 2 fully saturated rings. The van der Waals surface area contributed by atoms with Crippen LogP contribution >= 0.6 is 0 Å². The van der Waals surface area contributed by atoms with Crippen LogP contribution in [0.2, 0.25) is 0 Å². The first kappa shape index (κ1) is 18.6. The highest BCUT2D eigenvalue weighted by Crippen LogP contribution is 2.31. The Labute approximate surface area is 159 Å². The summed E-state index contributed by atoms with van der Waals surface area (Å²) in [5.41, 5.74) is 8.36. The Bertz CT molecular complexity index is 765. The van der Waals surface area contributed by atoms with Crippen molar-refractivity contribution in [1.29, 1.82) is 0 Å². The van der Waals surface area contributed by atoms with E-state index in [-0.39, 0.29) is 24.2 Å². The van der Waals surface area contributed by atoms with Crippen molar-refractivity contribution in [3.8, 4) is 0 Å². The van der Waals surface area contributed by atoms with Crippen molar-refractivity contribution in [3.63, 3.8) is 0 Å². The van der Waals surface area contributed by atoms with Gasteiger partial charge in [0.15, 0.2) is 5.65 Å². The molecule has 8 nitrogen and oxygen atoms in total. The highest BCUT2D eigenvalue weighted by Gasteiger charge is 2.40. The van der Waals surface area contributed by atoms with E-state index in [4.69, 9.17) is 19.9 Å². The van der Waals surface area contributed by atoms with E-state index in [2.05, 4.69) is 15.0 Å². The zero-order valence-corrected chi connectivity index (χ0v) is 16.0. The third kappa shape index (κ3) is 3.93. The lowest BCUT2D eigenvalue weighted by atomic mass is 10.1. The highest BCUT2D eigenvalue weighted by molar-refractivity contribution is 5.74. The molecule has 148 valence electrons. The Morgan fingerprint density at radius 2 is 1.89 bits per heavy atom. The summed E-state index contributed by atoms with van der Waals surface area (Å²) in [6.07, 6.45) is 8.27. The summed E-state index contributed by atoms with van der Waals surface area (Å²) in [4.78, 5) is 13.3. The quantitative estimate of drug-likeness (QED) is 0.860. The molecule has 0 unspecified atom stereocenters. The fourth-order valence-electron chi connectivity index (χ4n) is 4.00. The molecule has 2 aromatic rings. The number of hydrogen-bond donors (Lipinski definition) is 1. The van der Waals surface area contributed by atoms with Crippen molar-refractivity contribution in [2.24, 2.45) is 0 Å². The van der Waals surface area contributed by atoms with Crippen LogP contribution < -0.4 is 5.73 Å². The third-order valence-electron chi connectivity index (χ3n) is 5.46. The first-order chi connectivity index (χ1) is 13.3. The van der Waals surface area contributed by atoms with Gasteiger partial charge in [-0.15, -0.1) is 0 Å². The van der Waals surface area contributed by atoms with Crippen LogP contribution in [-0.4, -0.2) is 58.2 Å². The fraction of sp³-hybridized carbons (Fsp3) is 0.737. The summed E-state index contributed by atoms with van der Waals surface area (Å²) >= 11 is 0. The topological polar surface area (TPSA) is 97.3 Å². The minimum absolute atomic E-state index is 0.00514. The lowest BCUT2D eigenvalue weighted by molar-refractivity contribution is -0.0575. The molecular formula is C19H29N5O3. The molecule has 4 heterocycles. The van der Waals surface area contributed by atoms with Crippen LogP contribution in [0.4, 0.5) is 5.95 Å². The van der Waals surface area contributed by atoms with Gasteiger partial charge >= 0.3 is 0 Å². The summed E-state index contributed by atoms with van der Waals surface area (Å²) in [6, 6.07) is 0.00514. The first-order valence-electron chi connectivity index (χ1n) is 10.1. The van der Waals surface area contributed by atoms with E-state index >= 15 is 0 Å². The average molecular weight is 375 g/mol. The van der Waals surface area contributed by atoms with Gasteiger partial charge in [0.25, 0.3) is 0 Å². The highest BCUT2D eigenvalue weighted by atomic mass is 16.6. The SMILES string of the molecule is CCc1nc(N)nc2c1ncn2[C@H]1CO[C@@H]2COCCCCCCCO[C@H]21. The molecule has 4 rings (SSSR count). The van der Waals surface area contributed by atoms with Crippen molar-refractivity contribution >= 4 is 17.1 Å². The van der Waals surface area contributed by atoms with Crippen LogP contribution in [-0.2, 0) is 20.6 Å². The van der Waals surface area contributed by atoms with Crippen LogP contribution in [0, 0.1) is 0 Å². The molecule has 2 aliphatic heterocycles. The summed E-state index contributed by atoms with van der Waals surface area (Å²) in [7, 11) is 0. The average Bonchev–Trinajstić information content (AvgIpc) is 3.24. The Kier molecular flexibility index (Phi) is 5.85. The molecule has 2 aromatic heterocycles. The Morgan fingerprint density at radius 1 is 1.07 bits per heavy atom. The van der Waals surface area contributed by atoms with Gasteiger partial charge in [-0.1, -0.05) is 26.2 Å². The van der Waals surface area contributed by atoms with Crippen LogP contribution in [0.15, 0.2) is 6.33 Å². The van der Waals surface area contributed by atoms with Crippen LogP contribution in [0.1, 0.15) is 50.8 Å². The maximum Gasteiger partial charge on any atom is 0.222 e. The number of nitrogen functional groups attached to an aromatic ring is 1. The predicted molar refractivity (Wildman–Crippen MR) is 102 cm³/mol. The van der Waals surface area contributed by atoms with Crippen molar-refractivity contribution in [2.45, 2.75) is 63.7 Å². The number of ether oxygens (including phenoxy) is 3. The van der Waals surface area contributed by atoms with Gasteiger partial charge in [0.1, 0.15) is 17.7 Å². The number of nitrogens with zero attached hydrogens (tertiary/aromatic N) is 4. The Hall–Kier alpha value is -1.77. The van der Waals surface area contributed by atoms with Gasteiger partial charge < -0.3 is 24.5 Å². The number of aryl methyl sites for hydroxylation is 1. The lowest BCUT2D eigenvalue weighted by Crippen LogP contribution is -2.35. The minimum Gasteiger partial charge on any atom is -0.379 e. The number of imidazole rings is 1. The Balaban J connectivity index is 1.61. The molecule has 2 saturated heterocycles. The maximum absolute atomic E-state index is 6.28. The van der Waals surface area contributed by atoms with E-state index in [1.165, 1.54) is 19.3 Å². The molecule has 0 aromatic carbocycles. The zero-order chi connectivity index (χ0) is 18.6. The van der Waals surface area contributed by atoms with Crippen molar-refractivity contribution < 1.29 is 14.2 Å². The molecule has 0 aliphatic carbocycles. The number of fused-ring (bicyclic) bond motifs is 2. The largest absolute Gasteiger partial charge is 0.379 e. The van der Waals surface area contributed by atoms with Gasteiger partial charge in [0.2, 0.25) is 5.95 Å². The van der Waals surface area contributed by atoms with Gasteiger partial charge in [-0.25, -0.2) is 9.97 Å². The van der Waals surface area contributed by atoms with E-state index < -0.39 is 0 Å². The van der Waals surface area contributed by atoms with Gasteiger partial charge in [0, 0.05) is 13.2 Å². The van der Waals surface area contributed by atoms with E-state index in [0.29, 0.717) is 13.2 Å². The summed E-state index contributed by atoms with van der Waals surface area (Å²) in [5.74, 6) is 0.277. The molecule has 0 spiro atoms. The number of hydrogen-bond acceptors (Lipinski definition) is 7. The monoisotopic (exact) mass is 375 g/mol. The van der Waals surface area contributed by atoms with Crippen molar-refractivity contribution in [2.75, 3.05) is 32.2 Å². The molecule has 3 atom stereocenters. The van der Waals surface area contributed by atoms with Crippen LogP contribution in [0.3, 0.4) is 0 Å². The Morgan fingerprint density at radius 3 is 2.74 bits per heavy atom. The van der Waals surface area contributed by atoms with Crippen molar-refractivity contribution in [3.05, 3.63) is 12.0 Å². The molecule has 2 N–H and O–H groups in total. The normalized spacial score (nSPS) is 27.8. The minimum atomic E-state index is -0.0805. The van der Waals surface area contributed by atoms with E-state index in [1.54, 1.807) is 0 Å². The van der Waals surface area contributed by atoms with Gasteiger partial charge in [-0.05, 0) is 19.3 Å².